The van der Waals surface area contributed by atoms with Crippen molar-refractivity contribution in [2.75, 3.05) is 6.61 Å². The van der Waals surface area contributed by atoms with Crippen LogP contribution in [0.3, 0.4) is 0 Å². The Labute approximate surface area is 140 Å². The Morgan fingerprint density at radius 2 is 1.87 bits per heavy atom. The number of rotatable bonds is 0. The lowest BCUT2D eigenvalue weighted by molar-refractivity contribution is -0.0691. The van der Waals surface area contributed by atoms with Crippen molar-refractivity contribution in [1.29, 1.82) is 0 Å². The maximum Gasteiger partial charge on any atom is 0.0977 e. The molecule has 3 atom stereocenters. The van der Waals surface area contributed by atoms with E-state index < -0.39 is 11.7 Å². The van der Waals surface area contributed by atoms with Gasteiger partial charge in [-0.1, -0.05) is 23.3 Å². The third kappa shape index (κ3) is 5.03. The summed E-state index contributed by atoms with van der Waals surface area (Å²) in [5.41, 5.74) is 4.33. The second kappa shape index (κ2) is 7.78. The molecule has 23 heavy (non-hydrogen) atoms. The second-order valence-corrected chi connectivity index (χ2v) is 7.55. The zero-order valence-electron chi connectivity index (χ0n) is 15.1. The van der Waals surface area contributed by atoms with Crippen LogP contribution in [-0.2, 0) is 4.74 Å². The van der Waals surface area contributed by atoms with Gasteiger partial charge in [0.15, 0.2) is 0 Å². The molecule has 0 saturated carbocycles. The summed E-state index contributed by atoms with van der Waals surface area (Å²) in [5, 5.41) is 20.8. The topological polar surface area (TPSA) is 49.7 Å². The molecule has 2 N–H and O–H groups in total. The first-order chi connectivity index (χ1) is 10.8. The molecule has 2 rings (SSSR count). The summed E-state index contributed by atoms with van der Waals surface area (Å²) in [7, 11) is 0. The van der Waals surface area contributed by atoms with Crippen molar-refractivity contribution in [3.8, 4) is 0 Å². The third-order valence-electron chi connectivity index (χ3n) is 5.27. The maximum absolute atomic E-state index is 10.5. The Morgan fingerprint density at radius 3 is 2.61 bits per heavy atom. The van der Waals surface area contributed by atoms with Crippen molar-refractivity contribution < 1.29 is 14.9 Å². The molecule has 0 aromatic carbocycles. The second-order valence-electron chi connectivity index (χ2n) is 7.55. The minimum atomic E-state index is -1.02. The van der Waals surface area contributed by atoms with E-state index in [4.69, 9.17) is 4.74 Å². The van der Waals surface area contributed by atoms with Crippen molar-refractivity contribution in [2.45, 2.75) is 84.0 Å². The highest BCUT2D eigenvalue weighted by Crippen LogP contribution is 2.30. The Bertz CT molecular complexity index is 511. The van der Waals surface area contributed by atoms with E-state index in [-0.39, 0.29) is 6.10 Å². The van der Waals surface area contributed by atoms with Crippen LogP contribution in [0.25, 0.3) is 0 Å². The number of ether oxygens (including phenoxy) is 1. The van der Waals surface area contributed by atoms with Crippen molar-refractivity contribution in [3.63, 3.8) is 0 Å². The molecular formula is C20H32O3. The fourth-order valence-electron chi connectivity index (χ4n) is 3.38. The predicted molar refractivity (Wildman–Crippen MR) is 94.3 cm³/mol. The van der Waals surface area contributed by atoms with Gasteiger partial charge in [0.1, 0.15) is 0 Å². The highest BCUT2D eigenvalue weighted by Gasteiger charge is 2.29. The van der Waals surface area contributed by atoms with Crippen molar-refractivity contribution in [3.05, 3.63) is 34.4 Å². The van der Waals surface area contributed by atoms with Crippen LogP contribution in [0, 0.1) is 0 Å². The molecule has 130 valence electrons. The monoisotopic (exact) mass is 320 g/mol. The molecular weight excluding hydrogens is 288 g/mol. The predicted octanol–water partition coefficient (Wildman–Crippen LogP) is 4.06. The van der Waals surface area contributed by atoms with E-state index in [0.717, 1.165) is 32.3 Å². The van der Waals surface area contributed by atoms with Gasteiger partial charge in [-0.3, -0.25) is 0 Å². The van der Waals surface area contributed by atoms with E-state index in [1.807, 2.05) is 0 Å². The zero-order chi connectivity index (χ0) is 17.0. The molecule has 1 aliphatic heterocycles. The van der Waals surface area contributed by atoms with Crippen LogP contribution in [0.1, 0.15) is 66.2 Å². The molecule has 0 radical (unpaired) electrons. The van der Waals surface area contributed by atoms with Crippen LogP contribution in [0.2, 0.25) is 0 Å². The Balaban J connectivity index is 2.20. The summed E-state index contributed by atoms with van der Waals surface area (Å²) in [5.74, 6) is 0. The summed E-state index contributed by atoms with van der Waals surface area (Å²) in [6.45, 7) is 8.88. The quantitative estimate of drug-likeness (QED) is 0.662. The van der Waals surface area contributed by atoms with Gasteiger partial charge in [0.2, 0.25) is 0 Å². The van der Waals surface area contributed by atoms with E-state index in [2.05, 4.69) is 32.9 Å². The summed E-state index contributed by atoms with van der Waals surface area (Å²) in [6, 6.07) is 0. The Kier molecular flexibility index (Phi) is 6.24. The van der Waals surface area contributed by atoms with E-state index >= 15 is 0 Å². The molecule has 0 bridgehead atoms. The number of aliphatic hydroxyl groups excluding tert-OH is 1. The molecule has 0 amide bonds. The van der Waals surface area contributed by atoms with E-state index in [1.165, 1.54) is 22.3 Å². The van der Waals surface area contributed by atoms with Crippen molar-refractivity contribution >= 4 is 0 Å². The number of hydrogen-bond donors (Lipinski definition) is 2. The molecule has 3 heteroatoms. The van der Waals surface area contributed by atoms with Crippen LogP contribution in [0.5, 0.6) is 0 Å². The first-order valence-electron chi connectivity index (χ1n) is 8.83. The van der Waals surface area contributed by atoms with Gasteiger partial charge in [-0.05, 0) is 77.4 Å². The molecule has 2 aliphatic rings. The Hall–Kier alpha value is -0.900. The normalized spacial score (nSPS) is 34.5. The van der Waals surface area contributed by atoms with Gasteiger partial charge in [0, 0.05) is 0 Å². The molecule has 3 nitrogen and oxygen atoms in total. The number of allylic oxidation sites excluding steroid dienone is 3. The van der Waals surface area contributed by atoms with E-state index in [9.17, 15) is 10.2 Å². The van der Waals surface area contributed by atoms with Crippen LogP contribution in [-0.4, -0.2) is 34.6 Å². The van der Waals surface area contributed by atoms with Gasteiger partial charge < -0.3 is 14.9 Å². The smallest absolute Gasteiger partial charge is 0.0977 e. The standard InChI is InChI=1S/C20H32O3/c1-14-6-5-11-20(4,22)19(21)10-8-15(2)12-18-17(9-7-14)16(3)13-23-18/h6,12,18-19,21-22H,5,7-11,13H2,1-4H3. The number of fused-ring (bicyclic) bond motifs is 1. The average molecular weight is 320 g/mol. The fourth-order valence-corrected chi connectivity index (χ4v) is 3.38. The minimum absolute atomic E-state index is 0.0865. The Morgan fingerprint density at radius 1 is 1.13 bits per heavy atom. The van der Waals surface area contributed by atoms with E-state index in [0.29, 0.717) is 12.8 Å². The van der Waals surface area contributed by atoms with Gasteiger partial charge >= 0.3 is 0 Å². The van der Waals surface area contributed by atoms with Gasteiger partial charge in [0.25, 0.3) is 0 Å². The number of aliphatic hydroxyl groups is 2. The summed E-state index contributed by atoms with van der Waals surface area (Å²) < 4.78 is 5.92. The highest BCUT2D eigenvalue weighted by atomic mass is 16.5. The molecule has 1 aliphatic carbocycles. The highest BCUT2D eigenvalue weighted by molar-refractivity contribution is 5.28. The summed E-state index contributed by atoms with van der Waals surface area (Å²) in [4.78, 5) is 0. The molecule has 3 unspecified atom stereocenters. The number of hydrogen-bond acceptors (Lipinski definition) is 3. The van der Waals surface area contributed by atoms with Crippen LogP contribution in [0.4, 0.5) is 0 Å². The van der Waals surface area contributed by atoms with Gasteiger partial charge in [-0.25, -0.2) is 0 Å². The lowest BCUT2D eigenvalue weighted by atomic mass is 9.88. The zero-order valence-corrected chi connectivity index (χ0v) is 15.1. The van der Waals surface area contributed by atoms with Crippen LogP contribution >= 0.6 is 0 Å². The van der Waals surface area contributed by atoms with Crippen molar-refractivity contribution in [2.24, 2.45) is 0 Å². The average Bonchev–Trinajstić information content (AvgIpc) is 2.82. The summed E-state index contributed by atoms with van der Waals surface area (Å²) in [6.07, 6.45) is 8.65. The van der Waals surface area contributed by atoms with Crippen molar-refractivity contribution in [1.82, 2.24) is 0 Å². The first kappa shape index (κ1) is 18.4. The fraction of sp³-hybridized carbons (Fsp3) is 0.700. The molecule has 1 heterocycles. The third-order valence-corrected chi connectivity index (χ3v) is 5.27. The summed E-state index contributed by atoms with van der Waals surface area (Å²) >= 11 is 0. The molecule has 0 fully saturated rings. The minimum Gasteiger partial charge on any atom is -0.390 e. The SMILES string of the molecule is CC1=CCCC(C)(O)C(O)CCC(C)=CC2OCC(C)=C2CC1. The van der Waals surface area contributed by atoms with Gasteiger partial charge in [-0.15, -0.1) is 0 Å². The largest absolute Gasteiger partial charge is 0.390 e. The van der Waals surface area contributed by atoms with Gasteiger partial charge in [-0.2, -0.15) is 0 Å². The van der Waals surface area contributed by atoms with Gasteiger partial charge in [0.05, 0.1) is 24.4 Å². The van der Waals surface area contributed by atoms with E-state index in [1.54, 1.807) is 6.92 Å². The van der Waals surface area contributed by atoms with Crippen LogP contribution < -0.4 is 0 Å². The van der Waals surface area contributed by atoms with Crippen LogP contribution in [0.15, 0.2) is 34.4 Å². The molecule has 0 aromatic heterocycles. The molecule has 0 aromatic rings. The first-order valence-corrected chi connectivity index (χ1v) is 8.83. The lowest BCUT2D eigenvalue weighted by Crippen LogP contribution is -2.39. The lowest BCUT2D eigenvalue weighted by Gasteiger charge is -2.29. The molecule has 0 saturated heterocycles. The maximum atomic E-state index is 10.5. The molecule has 0 spiro atoms.